The summed E-state index contributed by atoms with van der Waals surface area (Å²) >= 11 is 0. The fourth-order valence-electron chi connectivity index (χ4n) is 4.87. The van der Waals surface area contributed by atoms with E-state index in [-0.39, 0.29) is 24.0 Å². The zero-order chi connectivity index (χ0) is 18.7. The van der Waals surface area contributed by atoms with Gasteiger partial charge in [0.15, 0.2) is 0 Å². The normalized spacial score (nSPS) is 38.9. The number of carbonyl (C=O) groups excluding carboxylic acids is 2. The third-order valence-electron chi connectivity index (χ3n) is 6.89. The van der Waals surface area contributed by atoms with Crippen molar-refractivity contribution in [3.8, 4) is 0 Å². The minimum absolute atomic E-state index is 0.0591. The summed E-state index contributed by atoms with van der Waals surface area (Å²) in [6.45, 7) is 5.75. The minimum Gasteiger partial charge on any atom is -0.338 e. The molecule has 3 N–H and O–H groups in total. The summed E-state index contributed by atoms with van der Waals surface area (Å²) in [6, 6.07) is -0.0960. The van der Waals surface area contributed by atoms with E-state index in [2.05, 4.69) is 29.9 Å². The first-order valence-electron chi connectivity index (χ1n) is 10.5. The Morgan fingerprint density at radius 3 is 2.54 bits per heavy atom. The van der Waals surface area contributed by atoms with Crippen LogP contribution >= 0.6 is 0 Å². The Morgan fingerprint density at radius 2 is 1.88 bits per heavy atom. The molecule has 148 valence electrons. The van der Waals surface area contributed by atoms with Crippen molar-refractivity contribution in [3.63, 3.8) is 0 Å². The molecular weight excluding hydrogens is 328 g/mol. The van der Waals surface area contributed by atoms with Crippen LogP contribution in [0.15, 0.2) is 0 Å². The molecule has 6 unspecified atom stereocenters. The number of carbonyl (C=O) groups is 2. The third-order valence-corrected chi connectivity index (χ3v) is 6.89. The van der Waals surface area contributed by atoms with E-state index in [0.29, 0.717) is 18.8 Å². The van der Waals surface area contributed by atoms with E-state index < -0.39 is 0 Å². The van der Waals surface area contributed by atoms with Gasteiger partial charge in [0.05, 0.1) is 12.2 Å². The molecule has 1 aliphatic carbocycles. The number of piperidine rings is 1. The number of nitrogens with zero attached hydrogens (tertiary/aromatic N) is 1. The first kappa shape index (κ1) is 19.6. The summed E-state index contributed by atoms with van der Waals surface area (Å²) in [5, 5.41) is 7.98. The van der Waals surface area contributed by atoms with Gasteiger partial charge in [0.25, 0.3) is 0 Å². The van der Waals surface area contributed by atoms with Crippen molar-refractivity contribution in [3.05, 3.63) is 0 Å². The molecule has 3 rings (SSSR count). The maximum atomic E-state index is 12.5. The lowest BCUT2D eigenvalue weighted by Gasteiger charge is -2.37. The van der Waals surface area contributed by atoms with Crippen molar-refractivity contribution in [2.75, 3.05) is 13.6 Å². The van der Waals surface area contributed by atoms with E-state index in [9.17, 15) is 9.59 Å². The molecule has 0 aromatic carbocycles. The highest BCUT2D eigenvalue weighted by Crippen LogP contribution is 2.37. The molecule has 0 bridgehead atoms. The highest BCUT2D eigenvalue weighted by molar-refractivity contribution is 5.82. The lowest BCUT2D eigenvalue weighted by molar-refractivity contribution is -0.139. The molecule has 6 heteroatoms. The first-order chi connectivity index (χ1) is 12.4. The summed E-state index contributed by atoms with van der Waals surface area (Å²) in [4.78, 5) is 24.0. The van der Waals surface area contributed by atoms with Crippen molar-refractivity contribution >= 4 is 11.8 Å². The average Bonchev–Trinajstić information content (AvgIpc) is 2.62. The molecule has 0 aromatic heterocycles. The molecule has 2 amide bonds. The lowest BCUT2D eigenvalue weighted by Crippen LogP contribution is -2.60. The van der Waals surface area contributed by atoms with E-state index in [1.807, 2.05) is 0 Å². The van der Waals surface area contributed by atoms with Gasteiger partial charge in [-0.25, -0.2) is 5.43 Å². The third kappa shape index (κ3) is 4.97. The number of rotatable bonds is 4. The fourth-order valence-corrected chi connectivity index (χ4v) is 4.87. The van der Waals surface area contributed by atoms with Crippen LogP contribution in [0.3, 0.4) is 0 Å². The standard InChI is InChI=1S/C20H36N4O2/c1-13-4-5-15(10-14(13)2)11-16-6-7-17(21-12-16)20(26)22-18-8-9-19(25)24(3)23-18/h13-18,21,23H,4-12H2,1-3H3,(H,22,26). The molecule has 2 aliphatic heterocycles. The van der Waals surface area contributed by atoms with Crippen molar-refractivity contribution < 1.29 is 9.59 Å². The molecule has 2 heterocycles. The zero-order valence-corrected chi connectivity index (χ0v) is 16.6. The van der Waals surface area contributed by atoms with Gasteiger partial charge < -0.3 is 10.6 Å². The predicted octanol–water partition coefficient (Wildman–Crippen LogP) is 2.02. The molecule has 3 aliphatic rings. The Kier molecular flexibility index (Phi) is 6.56. The topological polar surface area (TPSA) is 73.5 Å². The van der Waals surface area contributed by atoms with Crippen LogP contribution in [0.4, 0.5) is 0 Å². The van der Waals surface area contributed by atoms with E-state index in [4.69, 9.17) is 0 Å². The SMILES string of the molecule is CC1CCC(CC2CCC(C(=O)NC3CCC(=O)N(C)N3)NC2)CC1C. The molecule has 0 spiro atoms. The number of hydrazine groups is 1. The minimum atomic E-state index is -0.143. The summed E-state index contributed by atoms with van der Waals surface area (Å²) in [5.74, 6) is 3.45. The second kappa shape index (κ2) is 8.70. The molecule has 1 saturated carbocycles. The van der Waals surface area contributed by atoms with Gasteiger partial charge in [0, 0.05) is 13.5 Å². The van der Waals surface area contributed by atoms with Gasteiger partial charge in [-0.2, -0.15) is 0 Å². The Bertz CT molecular complexity index is 504. The van der Waals surface area contributed by atoms with Gasteiger partial charge in [-0.3, -0.25) is 14.6 Å². The van der Waals surface area contributed by atoms with Gasteiger partial charge in [-0.05, 0) is 62.3 Å². The maximum Gasteiger partial charge on any atom is 0.238 e. The van der Waals surface area contributed by atoms with Crippen LogP contribution < -0.4 is 16.1 Å². The van der Waals surface area contributed by atoms with Crippen LogP contribution in [0.1, 0.15) is 65.2 Å². The Hall–Kier alpha value is -1.14. The molecule has 26 heavy (non-hydrogen) atoms. The molecule has 3 fully saturated rings. The van der Waals surface area contributed by atoms with Crippen LogP contribution in [0.2, 0.25) is 0 Å². The molecule has 2 saturated heterocycles. The predicted molar refractivity (Wildman–Crippen MR) is 102 cm³/mol. The van der Waals surface area contributed by atoms with Crippen molar-refractivity contribution in [2.24, 2.45) is 23.7 Å². The van der Waals surface area contributed by atoms with Crippen molar-refractivity contribution in [1.29, 1.82) is 0 Å². The number of nitrogens with one attached hydrogen (secondary N) is 3. The number of amides is 2. The molecule has 0 radical (unpaired) electrons. The first-order valence-corrected chi connectivity index (χ1v) is 10.5. The number of hydrogen-bond donors (Lipinski definition) is 3. The Labute approximate surface area is 157 Å². The largest absolute Gasteiger partial charge is 0.338 e. The van der Waals surface area contributed by atoms with Crippen LogP contribution in [0.5, 0.6) is 0 Å². The summed E-state index contributed by atoms with van der Waals surface area (Å²) < 4.78 is 0. The van der Waals surface area contributed by atoms with Crippen LogP contribution in [-0.4, -0.2) is 42.6 Å². The smallest absolute Gasteiger partial charge is 0.238 e. The highest BCUT2D eigenvalue weighted by atomic mass is 16.2. The van der Waals surface area contributed by atoms with Gasteiger partial charge in [-0.15, -0.1) is 0 Å². The summed E-state index contributed by atoms with van der Waals surface area (Å²) in [5.41, 5.74) is 3.03. The fraction of sp³-hybridized carbons (Fsp3) is 0.900. The molecule has 6 nitrogen and oxygen atoms in total. The van der Waals surface area contributed by atoms with E-state index in [1.54, 1.807) is 7.05 Å². The molecule has 0 aromatic rings. The highest BCUT2D eigenvalue weighted by Gasteiger charge is 2.32. The zero-order valence-electron chi connectivity index (χ0n) is 16.6. The number of hydrogen-bond acceptors (Lipinski definition) is 4. The average molecular weight is 365 g/mol. The second-order valence-corrected chi connectivity index (χ2v) is 8.96. The van der Waals surface area contributed by atoms with E-state index in [1.165, 1.54) is 30.7 Å². The van der Waals surface area contributed by atoms with Gasteiger partial charge in [-0.1, -0.05) is 26.7 Å². The Morgan fingerprint density at radius 1 is 1.12 bits per heavy atom. The van der Waals surface area contributed by atoms with Gasteiger partial charge in [0.2, 0.25) is 11.8 Å². The Balaban J connectivity index is 1.38. The van der Waals surface area contributed by atoms with Crippen LogP contribution in [0.25, 0.3) is 0 Å². The maximum absolute atomic E-state index is 12.5. The van der Waals surface area contributed by atoms with Crippen LogP contribution in [0, 0.1) is 23.7 Å². The van der Waals surface area contributed by atoms with Gasteiger partial charge >= 0.3 is 0 Å². The van der Waals surface area contributed by atoms with Crippen molar-refractivity contribution in [1.82, 2.24) is 21.1 Å². The van der Waals surface area contributed by atoms with Gasteiger partial charge in [0.1, 0.15) is 0 Å². The quantitative estimate of drug-likeness (QED) is 0.713. The summed E-state index contributed by atoms with van der Waals surface area (Å²) in [6.07, 6.45) is 8.49. The summed E-state index contributed by atoms with van der Waals surface area (Å²) in [7, 11) is 1.71. The second-order valence-electron chi connectivity index (χ2n) is 8.96. The van der Waals surface area contributed by atoms with E-state index in [0.717, 1.165) is 37.1 Å². The molecular formula is C20H36N4O2. The van der Waals surface area contributed by atoms with E-state index >= 15 is 0 Å². The lowest BCUT2D eigenvalue weighted by atomic mass is 9.72. The van der Waals surface area contributed by atoms with Crippen molar-refractivity contribution in [2.45, 2.75) is 77.4 Å². The molecule has 6 atom stereocenters. The van der Waals surface area contributed by atoms with Crippen LogP contribution in [-0.2, 0) is 9.59 Å². The monoisotopic (exact) mass is 364 g/mol.